The molecule has 28 heteroatoms. The number of amides is 5. The molecule has 1 saturated carbocycles. The van der Waals surface area contributed by atoms with Gasteiger partial charge in [-0.1, -0.05) is 0 Å². The fraction of sp³-hybridized carbons (Fsp3) is 0.568. The van der Waals surface area contributed by atoms with Gasteiger partial charge in [-0.05, 0) is 82.0 Å². The van der Waals surface area contributed by atoms with Crippen molar-refractivity contribution in [2.75, 3.05) is 20.2 Å². The third-order valence-electron chi connectivity index (χ3n) is 11.6. The smallest absolute Gasteiger partial charge is 0.471 e. The number of hydrogen-bond acceptors (Lipinski definition) is 18. The van der Waals surface area contributed by atoms with E-state index in [9.17, 15) is 72.7 Å². The zero-order valence-electron chi connectivity index (χ0n) is 39.7. The average molecular weight is 1030 g/mol. The van der Waals surface area contributed by atoms with Gasteiger partial charge in [0.25, 0.3) is 11.4 Å². The summed E-state index contributed by atoms with van der Waals surface area (Å²) >= 11 is 0. The molecule has 0 aromatic heterocycles. The molecule has 5 rings (SSSR count). The molecule has 5 amide bonds. The summed E-state index contributed by atoms with van der Waals surface area (Å²) in [5, 5.41) is 67.5. The number of non-ortho nitro benzene ring substituents is 2. The van der Waals surface area contributed by atoms with Gasteiger partial charge in [-0.15, -0.1) is 0 Å². The Kier molecular flexibility index (Phi) is 18.0. The highest BCUT2D eigenvalue weighted by Gasteiger charge is 2.56. The fourth-order valence-electron chi connectivity index (χ4n) is 8.41. The van der Waals surface area contributed by atoms with Crippen LogP contribution in [0.4, 0.5) is 38.9 Å². The Hall–Kier alpha value is -6.88. The Morgan fingerprint density at radius 3 is 1.86 bits per heavy atom. The fourth-order valence-corrected chi connectivity index (χ4v) is 8.41. The molecule has 25 nitrogen and oxygen atoms in total. The van der Waals surface area contributed by atoms with E-state index < -0.39 is 144 Å². The number of ether oxygens (including phenoxy) is 6. The summed E-state index contributed by atoms with van der Waals surface area (Å²) < 4.78 is 74.3. The molecule has 1 aliphatic carbocycles. The number of rotatable bonds is 15. The van der Waals surface area contributed by atoms with E-state index >= 15 is 0 Å². The van der Waals surface area contributed by atoms with Crippen molar-refractivity contribution in [3.8, 4) is 0 Å². The first kappa shape index (κ1) is 56.0. The van der Waals surface area contributed by atoms with E-state index in [1.807, 2.05) is 0 Å². The van der Waals surface area contributed by atoms with Crippen LogP contribution in [0.1, 0.15) is 58.6 Å². The van der Waals surface area contributed by atoms with Crippen molar-refractivity contribution in [2.24, 2.45) is 5.92 Å². The van der Waals surface area contributed by atoms with Crippen molar-refractivity contribution < 1.29 is 90.7 Å². The topological polar surface area (TPSA) is 339 Å². The third kappa shape index (κ3) is 14.8. The molecule has 0 bridgehead atoms. The normalized spacial score (nSPS) is 27.4. The molecule has 3 aliphatic rings. The second-order valence-electron chi connectivity index (χ2n) is 18.4. The van der Waals surface area contributed by atoms with Crippen LogP contribution in [-0.4, -0.2) is 153 Å². The second kappa shape index (κ2) is 23.1. The first-order valence-corrected chi connectivity index (χ1v) is 22.2. The van der Waals surface area contributed by atoms with Crippen LogP contribution in [0.15, 0.2) is 60.4 Å². The molecule has 2 fully saturated rings. The number of nitro benzene ring substituents is 2. The minimum absolute atomic E-state index is 0.240. The van der Waals surface area contributed by atoms with Crippen molar-refractivity contribution >= 4 is 41.5 Å². The minimum atomic E-state index is -5.31. The van der Waals surface area contributed by atoms with Crippen LogP contribution in [0.3, 0.4) is 0 Å². The highest BCUT2D eigenvalue weighted by molar-refractivity contribution is 5.81. The van der Waals surface area contributed by atoms with E-state index in [1.165, 1.54) is 68.6 Å². The lowest BCUT2D eigenvalue weighted by Gasteiger charge is -2.52. The van der Waals surface area contributed by atoms with Gasteiger partial charge in [0.2, 0.25) is 5.91 Å². The monoisotopic (exact) mass is 1030 g/mol. The third-order valence-corrected chi connectivity index (χ3v) is 11.6. The Morgan fingerprint density at radius 1 is 0.847 bits per heavy atom. The van der Waals surface area contributed by atoms with Crippen molar-refractivity contribution in [3.05, 3.63) is 91.7 Å². The maximum atomic E-state index is 13.6. The minimum Gasteiger partial charge on any atom is -0.491 e. The number of nitrogens with zero attached hydrogens (tertiary/aromatic N) is 3. The summed E-state index contributed by atoms with van der Waals surface area (Å²) in [6.45, 7) is 4.85. The highest BCUT2D eigenvalue weighted by atomic mass is 19.4. The second-order valence-corrected chi connectivity index (χ2v) is 18.4. The van der Waals surface area contributed by atoms with E-state index in [1.54, 1.807) is 26.1 Å². The van der Waals surface area contributed by atoms with Gasteiger partial charge < -0.3 is 69.9 Å². The van der Waals surface area contributed by atoms with Crippen LogP contribution in [0, 0.1) is 26.1 Å². The maximum Gasteiger partial charge on any atom is 0.471 e. The number of carbonyl (C=O) groups is 5. The maximum absolute atomic E-state index is 13.6. The Balaban J connectivity index is 1.52. The molecule has 7 N–H and O–H groups in total. The van der Waals surface area contributed by atoms with Crippen LogP contribution < -0.4 is 21.3 Å². The van der Waals surface area contributed by atoms with Gasteiger partial charge in [-0.2, -0.15) is 13.2 Å². The molecule has 2 unspecified atom stereocenters. The number of alkyl carbamates (subject to hydrolysis) is 2. The zero-order chi connectivity index (χ0) is 53.5. The van der Waals surface area contributed by atoms with Crippen LogP contribution >= 0.6 is 0 Å². The Morgan fingerprint density at radius 2 is 1.38 bits per heavy atom. The van der Waals surface area contributed by atoms with Crippen molar-refractivity contribution in [2.45, 2.75) is 133 Å². The van der Waals surface area contributed by atoms with Crippen LogP contribution in [0.2, 0.25) is 0 Å². The van der Waals surface area contributed by atoms with E-state index in [-0.39, 0.29) is 30.0 Å². The summed E-state index contributed by atoms with van der Waals surface area (Å²) in [6, 6.07) is 4.49. The molecule has 2 aromatic carbocycles. The lowest BCUT2D eigenvalue weighted by Crippen LogP contribution is -2.70. The number of aliphatic hydroxyl groups is 3. The number of likely N-dealkylation sites (N-methyl/N-ethyl adjacent to an activating group) is 1. The Labute approximate surface area is 408 Å². The quantitative estimate of drug-likeness (QED) is 0.0766. The van der Waals surface area contributed by atoms with Gasteiger partial charge >= 0.3 is 30.4 Å². The highest BCUT2D eigenvalue weighted by Crippen LogP contribution is 2.39. The van der Waals surface area contributed by atoms with Crippen LogP contribution in [0.5, 0.6) is 0 Å². The predicted molar refractivity (Wildman–Crippen MR) is 238 cm³/mol. The van der Waals surface area contributed by atoms with E-state index in [4.69, 9.17) is 28.4 Å². The number of benzene rings is 2. The van der Waals surface area contributed by atoms with Crippen molar-refractivity contribution in [1.82, 2.24) is 26.2 Å². The molecule has 72 heavy (non-hydrogen) atoms. The molecule has 396 valence electrons. The van der Waals surface area contributed by atoms with E-state index in [0.717, 1.165) is 11.8 Å². The van der Waals surface area contributed by atoms with Gasteiger partial charge in [-0.25, -0.2) is 14.4 Å². The number of hydrogen-bond donors (Lipinski definition) is 7. The standard InChI is InChI=1S/C44H56F3N7O18/c1-22(55)49-30-17-29(51-40(60)68-20-24-9-13-26(14-10-24)54(65)66)31(32(56)35(30)71-37-33(57)36(43(5,62)21-69-37)52(6)41(61)72-42(2,3)4)34-28(16-15-27(70-34)18-48-38(58)44(45,46)47)50-39(59)67-19-23-7-11-25(12-8-23)53(63)64/h7-15,28-37,56-57,62H,16-21H2,1-6H3,(H,48,58)(H,49,55)(H,50,59)(H,51,60)/t28-,29+,30-,31?,32+,33-,34?,35+,36-,37-,43+/m1/s1. The number of nitro groups is 2. The van der Waals surface area contributed by atoms with Gasteiger partial charge in [-0.3, -0.25) is 29.8 Å². The molecule has 1 saturated heterocycles. The largest absolute Gasteiger partial charge is 0.491 e. The molecular formula is C44H56F3N7O18. The summed E-state index contributed by atoms with van der Waals surface area (Å²) in [5.41, 5.74) is -2.80. The first-order valence-electron chi connectivity index (χ1n) is 22.2. The summed E-state index contributed by atoms with van der Waals surface area (Å²) in [7, 11) is 1.24. The Bertz CT molecular complexity index is 2330. The number of alkyl halides is 3. The molecule has 0 spiro atoms. The van der Waals surface area contributed by atoms with Crippen molar-refractivity contribution in [1.29, 1.82) is 0 Å². The van der Waals surface area contributed by atoms with Crippen LogP contribution in [-0.2, 0) is 51.2 Å². The summed E-state index contributed by atoms with van der Waals surface area (Å²) in [5.74, 6) is -4.88. The number of nitrogens with one attached hydrogen (secondary N) is 4. The van der Waals surface area contributed by atoms with Gasteiger partial charge in [0.05, 0.1) is 47.2 Å². The first-order chi connectivity index (χ1) is 33.5. The molecule has 2 heterocycles. The molecule has 2 aliphatic heterocycles. The average Bonchev–Trinajstić information content (AvgIpc) is 3.28. The predicted octanol–water partition coefficient (Wildman–Crippen LogP) is 2.72. The molecule has 11 atom stereocenters. The molecular weight excluding hydrogens is 972 g/mol. The van der Waals surface area contributed by atoms with E-state index in [0.29, 0.717) is 11.1 Å². The lowest BCUT2D eigenvalue weighted by atomic mass is 9.72. The number of carbonyl (C=O) groups excluding carboxylic acids is 5. The van der Waals surface area contributed by atoms with Gasteiger partial charge in [0.1, 0.15) is 48.5 Å². The summed E-state index contributed by atoms with van der Waals surface area (Å²) in [4.78, 5) is 86.9. The molecule has 2 aromatic rings. The lowest BCUT2D eigenvalue weighted by molar-refractivity contribution is -0.385. The van der Waals surface area contributed by atoms with Crippen molar-refractivity contribution in [3.63, 3.8) is 0 Å². The van der Waals surface area contributed by atoms with Gasteiger partial charge in [0.15, 0.2) is 6.29 Å². The molecule has 0 radical (unpaired) electrons. The number of aliphatic hydroxyl groups excluding tert-OH is 2. The SMILES string of the molecule is CC(=O)N[C@@H]1C[C@H](NC(=O)OCc2ccc([N+](=O)[O-])cc2)C(C2OC(CNC(=O)C(F)(F)F)=CC[C@H]2NC(=O)OCc2ccc([N+](=O)[O-])cc2)[C@H](O)[C@H]1O[C@H]1OC[C@](C)(O)[C@H](N(C)C(=O)OC(C)(C)C)[C@H]1O. The zero-order valence-corrected chi connectivity index (χ0v) is 39.7. The van der Waals surface area contributed by atoms with E-state index in [2.05, 4.69) is 16.0 Å². The van der Waals surface area contributed by atoms with Crippen LogP contribution in [0.25, 0.3) is 0 Å². The summed E-state index contributed by atoms with van der Waals surface area (Å²) in [6.07, 6.45) is -17.0. The van der Waals surface area contributed by atoms with Gasteiger partial charge in [0, 0.05) is 50.2 Å². The number of halogens is 3.